The summed E-state index contributed by atoms with van der Waals surface area (Å²) in [6, 6.07) is 16.7. The number of hydrogen-bond donors (Lipinski definition) is 0. The first-order valence-corrected chi connectivity index (χ1v) is 10.4. The van der Waals surface area contributed by atoms with Crippen molar-refractivity contribution in [2.45, 2.75) is 13.0 Å². The molecule has 4 rings (SSSR count). The molecule has 1 atom stereocenters. The van der Waals surface area contributed by atoms with Crippen LogP contribution in [0.5, 0.6) is 0 Å². The second-order valence-electron chi connectivity index (χ2n) is 7.42. The number of amides is 2. The summed E-state index contributed by atoms with van der Waals surface area (Å²) in [5, 5.41) is 0.687. The Bertz CT molecular complexity index is 922. The molecule has 2 aliphatic heterocycles. The first-order valence-electron chi connectivity index (χ1n) is 10.4. The van der Waals surface area contributed by atoms with Crippen molar-refractivity contribution in [2.24, 2.45) is 0 Å². The van der Waals surface area contributed by atoms with E-state index in [9.17, 15) is 14.4 Å². The van der Waals surface area contributed by atoms with Gasteiger partial charge < -0.3 is 9.64 Å². The molecule has 1 unspecified atom stereocenters. The van der Waals surface area contributed by atoms with Crippen LogP contribution in [0.4, 0.5) is 5.69 Å². The number of hydroxylamine groups is 2. The van der Waals surface area contributed by atoms with Gasteiger partial charge in [-0.25, -0.2) is 9.63 Å². The van der Waals surface area contributed by atoms with E-state index in [1.807, 2.05) is 18.2 Å². The molecule has 8 nitrogen and oxygen atoms in total. The maximum absolute atomic E-state index is 12.6. The first-order chi connectivity index (χ1) is 15.1. The number of hydrogen-bond acceptors (Lipinski definition) is 7. The van der Waals surface area contributed by atoms with E-state index in [0.29, 0.717) is 5.06 Å². The van der Waals surface area contributed by atoms with Crippen molar-refractivity contribution in [1.29, 1.82) is 0 Å². The Morgan fingerprint density at radius 1 is 0.903 bits per heavy atom. The fraction of sp³-hybridized carbons (Fsp3) is 0.348. The Hall–Kier alpha value is -3.23. The Balaban J connectivity index is 1.42. The molecular formula is C23H25N3O5. The predicted molar refractivity (Wildman–Crippen MR) is 114 cm³/mol. The van der Waals surface area contributed by atoms with Gasteiger partial charge in [-0.1, -0.05) is 30.3 Å². The summed E-state index contributed by atoms with van der Waals surface area (Å²) in [7, 11) is 0. The van der Waals surface area contributed by atoms with Crippen LogP contribution >= 0.6 is 0 Å². The summed E-state index contributed by atoms with van der Waals surface area (Å²) < 4.78 is 5.14. The molecule has 0 radical (unpaired) electrons. The third-order valence-electron chi connectivity index (χ3n) is 5.46. The van der Waals surface area contributed by atoms with Gasteiger partial charge in [-0.2, -0.15) is 0 Å². The van der Waals surface area contributed by atoms with E-state index in [4.69, 9.17) is 9.57 Å². The lowest BCUT2D eigenvalue weighted by Crippen LogP contribution is -2.51. The molecule has 1 saturated heterocycles. The van der Waals surface area contributed by atoms with Crippen LogP contribution in [-0.4, -0.2) is 73.2 Å². The van der Waals surface area contributed by atoms with E-state index >= 15 is 0 Å². The molecule has 2 aromatic rings. The summed E-state index contributed by atoms with van der Waals surface area (Å²) in [6.07, 6.45) is -1.08. The second kappa shape index (κ2) is 9.28. The Morgan fingerprint density at radius 3 is 2.06 bits per heavy atom. The van der Waals surface area contributed by atoms with Crippen molar-refractivity contribution in [2.75, 3.05) is 44.2 Å². The molecule has 2 aliphatic rings. The minimum absolute atomic E-state index is 0.183. The zero-order chi connectivity index (χ0) is 21.8. The molecule has 0 bridgehead atoms. The molecule has 0 aromatic heterocycles. The summed E-state index contributed by atoms with van der Waals surface area (Å²) in [5.41, 5.74) is 1.70. The molecular weight excluding hydrogens is 398 g/mol. The normalized spacial score (nSPS) is 17.6. The highest BCUT2D eigenvalue weighted by Gasteiger charge is 2.40. The van der Waals surface area contributed by atoms with Gasteiger partial charge in [0.25, 0.3) is 11.8 Å². The minimum Gasteiger partial charge on any atom is -0.464 e. The number of rotatable bonds is 7. The van der Waals surface area contributed by atoms with Gasteiger partial charge in [0.1, 0.15) is 0 Å². The van der Waals surface area contributed by atoms with E-state index in [1.54, 1.807) is 31.2 Å². The number of esters is 1. The summed E-state index contributed by atoms with van der Waals surface area (Å²) >= 11 is 0. The van der Waals surface area contributed by atoms with Crippen LogP contribution in [0.3, 0.4) is 0 Å². The summed E-state index contributed by atoms with van der Waals surface area (Å²) in [5.74, 6) is -1.72. The first kappa shape index (κ1) is 21.0. The third kappa shape index (κ3) is 4.45. The molecule has 0 saturated carbocycles. The molecule has 31 heavy (non-hydrogen) atoms. The highest BCUT2D eigenvalue weighted by Crippen LogP contribution is 2.24. The number of ether oxygens (including phenoxy) is 1. The second-order valence-corrected chi connectivity index (χ2v) is 7.42. The average Bonchev–Trinajstić information content (AvgIpc) is 3.05. The van der Waals surface area contributed by atoms with Gasteiger partial charge in [-0.3, -0.25) is 14.5 Å². The predicted octanol–water partition coefficient (Wildman–Crippen LogP) is 1.97. The molecule has 0 spiro atoms. The number of para-hydroxylation sites is 1. The zero-order valence-electron chi connectivity index (χ0n) is 17.4. The minimum atomic E-state index is -1.08. The molecule has 2 heterocycles. The number of imide groups is 1. The zero-order valence-corrected chi connectivity index (χ0v) is 17.4. The summed E-state index contributed by atoms with van der Waals surface area (Å²) in [4.78, 5) is 47.8. The number of carbonyl (C=O) groups is 3. The van der Waals surface area contributed by atoms with Crippen LogP contribution in [-0.2, 0) is 14.4 Å². The van der Waals surface area contributed by atoms with Gasteiger partial charge in [0.05, 0.1) is 17.7 Å². The highest BCUT2D eigenvalue weighted by atomic mass is 16.7. The maximum atomic E-state index is 12.6. The van der Waals surface area contributed by atoms with Crippen LogP contribution in [0.2, 0.25) is 0 Å². The van der Waals surface area contributed by atoms with Crippen molar-refractivity contribution < 1.29 is 24.0 Å². The number of anilines is 1. The van der Waals surface area contributed by atoms with Gasteiger partial charge in [0.15, 0.2) is 6.10 Å². The van der Waals surface area contributed by atoms with Crippen LogP contribution in [0, 0.1) is 0 Å². The smallest absolute Gasteiger partial charge is 0.339 e. The SMILES string of the molecule is CCOC(=O)C(CN1CCN(c2ccccc2)CC1)ON1C(=O)c2ccccc2C1=O. The molecule has 2 amide bonds. The number of fused-ring (bicyclic) bond motifs is 1. The molecule has 162 valence electrons. The molecule has 0 N–H and O–H groups in total. The fourth-order valence-corrected chi connectivity index (χ4v) is 3.84. The van der Waals surface area contributed by atoms with E-state index < -0.39 is 23.9 Å². The molecule has 8 heteroatoms. The topological polar surface area (TPSA) is 79.4 Å². The van der Waals surface area contributed by atoms with Crippen molar-refractivity contribution >= 4 is 23.5 Å². The van der Waals surface area contributed by atoms with Crippen molar-refractivity contribution in [3.8, 4) is 0 Å². The third-order valence-corrected chi connectivity index (χ3v) is 5.46. The van der Waals surface area contributed by atoms with Crippen LogP contribution in [0.15, 0.2) is 54.6 Å². The number of carbonyl (C=O) groups excluding carboxylic acids is 3. The van der Waals surface area contributed by atoms with Crippen molar-refractivity contribution in [3.05, 3.63) is 65.7 Å². The highest BCUT2D eigenvalue weighted by molar-refractivity contribution is 6.20. The maximum Gasteiger partial charge on any atom is 0.339 e. The Labute approximate surface area is 180 Å². The van der Waals surface area contributed by atoms with E-state index in [1.165, 1.54) is 0 Å². The molecule has 0 aliphatic carbocycles. The largest absolute Gasteiger partial charge is 0.464 e. The van der Waals surface area contributed by atoms with Crippen LogP contribution in [0.25, 0.3) is 0 Å². The summed E-state index contributed by atoms with van der Waals surface area (Å²) in [6.45, 7) is 5.15. The number of piperazine rings is 1. The van der Waals surface area contributed by atoms with E-state index in [-0.39, 0.29) is 24.3 Å². The van der Waals surface area contributed by atoms with Gasteiger partial charge in [0, 0.05) is 38.4 Å². The Kier molecular flexibility index (Phi) is 6.29. The van der Waals surface area contributed by atoms with Crippen molar-refractivity contribution in [1.82, 2.24) is 9.96 Å². The molecule has 1 fully saturated rings. The van der Waals surface area contributed by atoms with E-state index in [0.717, 1.165) is 31.9 Å². The molecule has 2 aromatic carbocycles. The van der Waals surface area contributed by atoms with Crippen molar-refractivity contribution in [3.63, 3.8) is 0 Å². The van der Waals surface area contributed by atoms with E-state index in [2.05, 4.69) is 21.9 Å². The lowest BCUT2D eigenvalue weighted by atomic mass is 10.1. The number of benzene rings is 2. The lowest BCUT2D eigenvalue weighted by molar-refractivity contribution is -0.182. The fourth-order valence-electron chi connectivity index (χ4n) is 3.84. The quantitative estimate of drug-likeness (QED) is 0.498. The Morgan fingerprint density at radius 2 is 1.48 bits per heavy atom. The van der Waals surface area contributed by atoms with Gasteiger partial charge in [-0.05, 0) is 31.2 Å². The standard InChI is InChI=1S/C23H25N3O5/c1-2-30-23(29)20(31-26-21(27)18-10-6-7-11-19(18)22(26)28)16-24-12-14-25(15-13-24)17-8-4-3-5-9-17/h3-11,20H,2,12-16H2,1H3. The lowest BCUT2D eigenvalue weighted by Gasteiger charge is -2.37. The number of nitrogens with zero attached hydrogens (tertiary/aromatic N) is 3. The van der Waals surface area contributed by atoms with Gasteiger partial charge in [0.2, 0.25) is 0 Å². The van der Waals surface area contributed by atoms with Gasteiger partial charge in [-0.15, -0.1) is 5.06 Å². The monoisotopic (exact) mass is 423 g/mol. The average molecular weight is 423 g/mol. The van der Waals surface area contributed by atoms with Crippen LogP contribution in [0.1, 0.15) is 27.6 Å². The van der Waals surface area contributed by atoms with Crippen LogP contribution < -0.4 is 4.90 Å². The van der Waals surface area contributed by atoms with Gasteiger partial charge >= 0.3 is 5.97 Å².